The second-order valence-corrected chi connectivity index (χ2v) is 7.53. The number of fused-ring (bicyclic) bond motifs is 1. The zero-order valence-corrected chi connectivity index (χ0v) is 18.2. The highest BCUT2D eigenvalue weighted by atomic mass is 35.5. The van der Waals surface area contributed by atoms with Gasteiger partial charge in [-0.1, -0.05) is 34.1 Å². The molecule has 0 aliphatic carbocycles. The Bertz CT molecular complexity index is 1370. The van der Waals surface area contributed by atoms with Crippen LogP contribution in [0.1, 0.15) is 0 Å². The van der Waals surface area contributed by atoms with Gasteiger partial charge in [-0.15, -0.1) is 0 Å². The molecule has 0 aliphatic heterocycles. The summed E-state index contributed by atoms with van der Waals surface area (Å²) in [7, 11) is 1.45. The van der Waals surface area contributed by atoms with Crippen molar-refractivity contribution >= 4 is 17.1 Å². The van der Waals surface area contributed by atoms with Crippen LogP contribution in [0.15, 0.2) is 76.2 Å². The maximum Gasteiger partial charge on any atom is 0.282 e. The monoisotopic (exact) mass is 467 g/mol. The molecule has 33 heavy (non-hydrogen) atoms. The van der Waals surface area contributed by atoms with E-state index in [0.717, 1.165) is 11.1 Å². The van der Waals surface area contributed by atoms with Crippen LogP contribution in [0.3, 0.4) is 0 Å². The van der Waals surface area contributed by atoms with Gasteiger partial charge in [-0.2, -0.15) is 14.9 Å². The van der Waals surface area contributed by atoms with Gasteiger partial charge in [0.15, 0.2) is 11.5 Å². The molecule has 1 atom stereocenters. The third-order valence-electron chi connectivity index (χ3n) is 5.00. The molecule has 1 unspecified atom stereocenters. The lowest BCUT2D eigenvalue weighted by Gasteiger charge is -2.14. The normalized spacial score (nSPS) is 11.8. The maximum atomic E-state index is 13.2. The lowest BCUT2D eigenvalue weighted by atomic mass is 10.1. The van der Waals surface area contributed by atoms with Crippen LogP contribution >= 0.6 is 11.6 Å². The lowest BCUT2D eigenvalue weighted by Crippen LogP contribution is -2.21. The van der Waals surface area contributed by atoms with Crippen LogP contribution in [-0.4, -0.2) is 40.5 Å². The predicted octanol–water partition coefficient (Wildman–Crippen LogP) is 4.09. The Balaban J connectivity index is 1.66. The highest BCUT2D eigenvalue weighted by molar-refractivity contribution is 6.30. The van der Waals surface area contributed by atoms with Crippen molar-refractivity contribution in [2.75, 3.05) is 20.3 Å². The van der Waals surface area contributed by atoms with Gasteiger partial charge in [-0.3, -0.25) is 9.36 Å². The number of methoxy groups -OCH3 is 1. The number of rotatable bonds is 9. The number of benzene rings is 2. The number of nitroso groups, excluding NO2 is 2. The third kappa shape index (κ3) is 4.60. The van der Waals surface area contributed by atoms with Gasteiger partial charge in [0, 0.05) is 22.8 Å². The smallest absolute Gasteiger partial charge is 0.282 e. The van der Waals surface area contributed by atoms with Crippen molar-refractivity contribution in [1.29, 1.82) is 0 Å². The topological polar surface area (TPSA) is 117 Å². The van der Waals surface area contributed by atoms with Gasteiger partial charge >= 0.3 is 0 Å². The fraction of sp³-hybridized carbons (Fsp3) is 0.182. The van der Waals surface area contributed by atoms with E-state index in [1.807, 2.05) is 12.1 Å². The molecule has 168 valence electrons. The molecule has 0 saturated carbocycles. The summed E-state index contributed by atoms with van der Waals surface area (Å²) in [6, 6.07) is 13.0. The average molecular weight is 468 g/mol. The highest BCUT2D eigenvalue weighted by Crippen LogP contribution is 2.30. The molecule has 0 N–H and O–H groups in total. The van der Waals surface area contributed by atoms with Crippen molar-refractivity contribution in [3.63, 3.8) is 0 Å². The first-order valence-corrected chi connectivity index (χ1v) is 10.2. The van der Waals surface area contributed by atoms with Crippen LogP contribution in [0.5, 0.6) is 11.5 Å². The molecule has 0 amide bonds. The Morgan fingerprint density at radius 1 is 1.06 bits per heavy atom. The first-order chi connectivity index (χ1) is 16.0. The summed E-state index contributed by atoms with van der Waals surface area (Å²) >= 11 is 5.96. The number of ether oxygens (including phenoxy) is 2. The summed E-state index contributed by atoms with van der Waals surface area (Å²) in [5.41, 5.74) is 2.37. The largest absolute Gasteiger partial charge is 0.493 e. The molecular weight excluding hydrogens is 450 g/mol. The van der Waals surface area contributed by atoms with E-state index in [0.29, 0.717) is 27.7 Å². The van der Waals surface area contributed by atoms with E-state index in [2.05, 4.69) is 15.5 Å². The summed E-state index contributed by atoms with van der Waals surface area (Å²) in [6.45, 7) is -0.406. The van der Waals surface area contributed by atoms with E-state index in [9.17, 15) is 14.6 Å². The minimum atomic E-state index is -0.898. The van der Waals surface area contributed by atoms with E-state index < -0.39 is 6.04 Å². The zero-order valence-electron chi connectivity index (χ0n) is 17.4. The Labute approximate surface area is 192 Å². The number of aromatic nitrogens is 3. The zero-order chi connectivity index (χ0) is 23.4. The van der Waals surface area contributed by atoms with Crippen LogP contribution < -0.4 is 15.0 Å². The van der Waals surface area contributed by atoms with Crippen molar-refractivity contribution < 1.29 is 9.47 Å². The Kier molecular flexibility index (Phi) is 6.45. The quantitative estimate of drug-likeness (QED) is 0.342. The maximum absolute atomic E-state index is 13.2. The van der Waals surface area contributed by atoms with Crippen LogP contribution in [-0.2, 0) is 0 Å². The average Bonchev–Trinajstić information content (AvgIpc) is 3.28. The lowest BCUT2D eigenvalue weighted by molar-refractivity contribution is 0.274. The van der Waals surface area contributed by atoms with Crippen molar-refractivity contribution in [3.8, 4) is 28.3 Å². The predicted molar refractivity (Wildman–Crippen MR) is 124 cm³/mol. The Morgan fingerprint density at radius 2 is 1.85 bits per heavy atom. The minimum Gasteiger partial charge on any atom is -0.493 e. The Hall–Kier alpha value is -4.05. The van der Waals surface area contributed by atoms with Crippen LogP contribution in [0.25, 0.3) is 22.3 Å². The van der Waals surface area contributed by atoms with Gasteiger partial charge in [0.05, 0.1) is 12.8 Å². The van der Waals surface area contributed by atoms with Gasteiger partial charge in [0.1, 0.15) is 31.0 Å². The molecule has 0 fully saturated rings. The van der Waals surface area contributed by atoms with E-state index in [-0.39, 0.29) is 18.7 Å². The number of hydrogen-bond donors (Lipinski definition) is 0. The van der Waals surface area contributed by atoms with Crippen LogP contribution in [0.2, 0.25) is 5.02 Å². The number of halogens is 1. The first-order valence-electron chi connectivity index (χ1n) is 9.83. The summed E-state index contributed by atoms with van der Waals surface area (Å²) < 4.78 is 13.8. The summed E-state index contributed by atoms with van der Waals surface area (Å²) in [5, 5.41) is 10.5. The summed E-state index contributed by atoms with van der Waals surface area (Å²) in [6.07, 6.45) is 3.19. The van der Waals surface area contributed by atoms with E-state index in [4.69, 9.17) is 21.1 Å². The fourth-order valence-corrected chi connectivity index (χ4v) is 3.41. The third-order valence-corrected chi connectivity index (χ3v) is 5.25. The fourth-order valence-electron chi connectivity index (χ4n) is 3.29. The van der Waals surface area contributed by atoms with E-state index >= 15 is 0 Å². The molecule has 2 aromatic carbocycles. The highest BCUT2D eigenvalue weighted by Gasteiger charge is 2.15. The molecule has 0 aliphatic rings. The van der Waals surface area contributed by atoms with Crippen LogP contribution in [0, 0.1) is 9.81 Å². The molecule has 2 aromatic heterocycles. The standard InChI is InChI=1S/C22H18ClN5O5/c1-32-21-9-18(6-7-20(21)33-12-17(26-31)10-25-30)27-13-24-28-11-15(8-19(28)22(27)29)14-2-4-16(23)5-3-14/h2-9,11,13,17H,10,12H2,1H3. The SMILES string of the molecule is COc1cc(-n2cnn3cc(-c4ccc(Cl)cc4)cc3c2=O)ccc1OCC(CN=O)N=O. The van der Waals surface area contributed by atoms with E-state index in [1.54, 1.807) is 42.6 Å². The van der Waals surface area contributed by atoms with Crippen molar-refractivity contribution in [2.24, 2.45) is 10.4 Å². The molecule has 0 bridgehead atoms. The van der Waals surface area contributed by atoms with Gasteiger partial charge in [0.2, 0.25) is 0 Å². The minimum absolute atomic E-state index is 0.129. The second-order valence-electron chi connectivity index (χ2n) is 7.09. The molecule has 2 heterocycles. The molecule has 4 aromatic rings. The molecule has 0 saturated heterocycles. The molecule has 10 nitrogen and oxygen atoms in total. The first kappa shape index (κ1) is 22.2. The van der Waals surface area contributed by atoms with Gasteiger partial charge in [-0.05, 0) is 35.9 Å². The second kappa shape index (κ2) is 9.61. The van der Waals surface area contributed by atoms with Gasteiger partial charge < -0.3 is 9.47 Å². The van der Waals surface area contributed by atoms with Gasteiger partial charge in [0.25, 0.3) is 5.56 Å². The van der Waals surface area contributed by atoms with Crippen molar-refractivity contribution in [3.05, 3.63) is 86.2 Å². The molecule has 4 rings (SSSR count). The number of hydrogen-bond acceptors (Lipinski definition) is 8. The van der Waals surface area contributed by atoms with E-state index in [1.165, 1.54) is 22.5 Å². The number of nitrogens with zero attached hydrogens (tertiary/aromatic N) is 5. The molecule has 0 spiro atoms. The molecule has 11 heteroatoms. The Morgan fingerprint density at radius 3 is 2.55 bits per heavy atom. The molecular formula is C22H18ClN5O5. The van der Waals surface area contributed by atoms with Gasteiger partial charge in [-0.25, -0.2) is 4.52 Å². The van der Waals surface area contributed by atoms with Crippen LogP contribution in [0.4, 0.5) is 0 Å². The van der Waals surface area contributed by atoms with Crippen molar-refractivity contribution in [1.82, 2.24) is 14.2 Å². The van der Waals surface area contributed by atoms with Crippen molar-refractivity contribution in [2.45, 2.75) is 6.04 Å². The summed E-state index contributed by atoms with van der Waals surface area (Å²) in [5.74, 6) is 0.663. The molecule has 0 radical (unpaired) electrons. The summed E-state index contributed by atoms with van der Waals surface area (Å²) in [4.78, 5) is 34.3.